The summed E-state index contributed by atoms with van der Waals surface area (Å²) in [6, 6.07) is 5.67. The molecule has 0 fully saturated rings. The number of rotatable bonds is 4. The van der Waals surface area contributed by atoms with Crippen molar-refractivity contribution in [2.75, 3.05) is 7.11 Å². The minimum Gasteiger partial charge on any atom is -0.496 e. The van der Waals surface area contributed by atoms with Crippen LogP contribution in [0.1, 0.15) is 11.1 Å². The van der Waals surface area contributed by atoms with Crippen molar-refractivity contribution in [3.63, 3.8) is 0 Å². The molecule has 2 aromatic rings. The lowest BCUT2D eigenvalue weighted by Crippen LogP contribution is -2.08. The molecule has 0 unspecified atom stereocenters. The van der Waals surface area contributed by atoms with Crippen LogP contribution in [0.5, 0.6) is 11.6 Å². The van der Waals surface area contributed by atoms with E-state index in [-0.39, 0.29) is 33.9 Å². The van der Waals surface area contributed by atoms with E-state index in [1.807, 2.05) is 0 Å². The maximum Gasteiger partial charge on any atom is 0.300 e. The molecule has 0 bridgehead atoms. The summed E-state index contributed by atoms with van der Waals surface area (Å²) in [7, 11) is 1.36. The third-order valence-electron chi connectivity index (χ3n) is 3.16. The van der Waals surface area contributed by atoms with Gasteiger partial charge in [-0.1, -0.05) is 0 Å². The average molecular weight is 329 g/mol. The molecule has 0 spiro atoms. The molecular weight excluding hydrogens is 318 g/mol. The molecule has 0 aliphatic rings. The summed E-state index contributed by atoms with van der Waals surface area (Å²) >= 11 is 0. The minimum atomic E-state index is -0.774. The molecule has 0 saturated heterocycles. The first kappa shape index (κ1) is 16.6. The molecule has 0 aliphatic heterocycles. The average Bonchev–Trinajstić information content (AvgIpc) is 2.54. The normalized spacial score (nSPS) is 10.5. The third kappa shape index (κ3) is 3.05. The molecule has 1 heterocycles. The number of benzene rings is 1. The second-order valence-corrected chi connectivity index (χ2v) is 4.57. The molecule has 10 heteroatoms. The Morgan fingerprint density at radius 1 is 1.42 bits per heavy atom. The SMILES string of the molecule is COc1ccc(N=Nc2c(C)c(C#N)c(O)[nH]c2=O)c([N+](=O)[O-])c1. The smallest absolute Gasteiger partial charge is 0.300 e. The molecule has 24 heavy (non-hydrogen) atoms. The van der Waals surface area contributed by atoms with Gasteiger partial charge in [-0.05, 0) is 19.1 Å². The number of ether oxygens (including phenoxy) is 1. The zero-order chi connectivity index (χ0) is 17.9. The molecular formula is C14H11N5O5. The number of nitrogens with one attached hydrogen (secondary N) is 1. The summed E-state index contributed by atoms with van der Waals surface area (Å²) in [5.74, 6) is -0.305. The Balaban J connectivity index is 2.56. The highest BCUT2D eigenvalue weighted by Crippen LogP contribution is 2.33. The van der Waals surface area contributed by atoms with Crippen molar-refractivity contribution in [2.24, 2.45) is 10.2 Å². The summed E-state index contributed by atoms with van der Waals surface area (Å²) in [6.45, 7) is 1.41. The van der Waals surface area contributed by atoms with Crippen LogP contribution in [0.4, 0.5) is 17.1 Å². The van der Waals surface area contributed by atoms with Crippen LogP contribution in [-0.4, -0.2) is 22.1 Å². The molecule has 0 saturated carbocycles. The summed E-state index contributed by atoms with van der Waals surface area (Å²) in [5, 5.41) is 37.0. The molecule has 1 aromatic carbocycles. The largest absolute Gasteiger partial charge is 0.496 e. The fourth-order valence-corrected chi connectivity index (χ4v) is 1.92. The van der Waals surface area contributed by atoms with Crippen LogP contribution >= 0.6 is 0 Å². The topological polar surface area (TPSA) is 154 Å². The van der Waals surface area contributed by atoms with Gasteiger partial charge in [0.05, 0.1) is 18.1 Å². The van der Waals surface area contributed by atoms with Crippen LogP contribution in [0.3, 0.4) is 0 Å². The molecule has 0 aliphatic carbocycles. The summed E-state index contributed by atoms with van der Waals surface area (Å²) in [6.07, 6.45) is 0. The minimum absolute atomic E-state index is 0.0915. The van der Waals surface area contributed by atoms with Crippen LogP contribution in [0.25, 0.3) is 0 Å². The molecule has 122 valence electrons. The third-order valence-corrected chi connectivity index (χ3v) is 3.16. The zero-order valence-electron chi connectivity index (χ0n) is 12.6. The first-order chi connectivity index (χ1) is 11.4. The summed E-state index contributed by atoms with van der Waals surface area (Å²) in [5.41, 5.74) is -1.50. The number of H-pyrrole nitrogens is 1. The van der Waals surface area contributed by atoms with Gasteiger partial charge in [0, 0.05) is 5.56 Å². The van der Waals surface area contributed by atoms with Gasteiger partial charge < -0.3 is 9.84 Å². The Morgan fingerprint density at radius 3 is 2.71 bits per heavy atom. The number of methoxy groups -OCH3 is 1. The quantitative estimate of drug-likeness (QED) is 0.499. The summed E-state index contributed by atoms with van der Waals surface area (Å²) in [4.78, 5) is 24.3. The van der Waals surface area contributed by atoms with E-state index in [4.69, 9.17) is 10.00 Å². The van der Waals surface area contributed by atoms with E-state index in [1.54, 1.807) is 6.07 Å². The maximum absolute atomic E-state index is 11.8. The highest BCUT2D eigenvalue weighted by atomic mass is 16.6. The standard InChI is InChI=1S/C14H11N5O5/c1-7-9(6-15)13(20)16-14(21)12(7)18-17-10-4-3-8(24-2)5-11(10)19(22)23/h3-5H,1-2H3,(H2,16,20,21). The number of nitro benzene ring substituents is 1. The lowest BCUT2D eigenvalue weighted by atomic mass is 10.1. The van der Waals surface area contributed by atoms with Crippen molar-refractivity contribution in [2.45, 2.75) is 6.92 Å². The van der Waals surface area contributed by atoms with Crippen molar-refractivity contribution in [3.05, 3.63) is 49.8 Å². The number of aromatic amines is 1. The number of aromatic nitrogens is 1. The lowest BCUT2D eigenvalue weighted by Gasteiger charge is -2.03. The van der Waals surface area contributed by atoms with Gasteiger partial charge in [-0.2, -0.15) is 5.26 Å². The molecule has 1 aromatic heterocycles. The van der Waals surface area contributed by atoms with E-state index < -0.39 is 16.4 Å². The van der Waals surface area contributed by atoms with E-state index in [0.717, 1.165) is 0 Å². The number of pyridine rings is 1. The van der Waals surface area contributed by atoms with Gasteiger partial charge in [0.1, 0.15) is 17.4 Å². The number of aromatic hydroxyl groups is 1. The van der Waals surface area contributed by atoms with Crippen LogP contribution in [-0.2, 0) is 0 Å². The van der Waals surface area contributed by atoms with E-state index in [0.29, 0.717) is 0 Å². The van der Waals surface area contributed by atoms with Crippen LogP contribution in [0.15, 0.2) is 33.2 Å². The Bertz CT molecular complexity index is 942. The van der Waals surface area contributed by atoms with Gasteiger partial charge in [0.2, 0.25) is 5.88 Å². The van der Waals surface area contributed by atoms with E-state index in [1.165, 1.54) is 32.2 Å². The second kappa shape index (κ2) is 6.57. The van der Waals surface area contributed by atoms with Crippen molar-refractivity contribution in [1.29, 1.82) is 5.26 Å². The fraction of sp³-hybridized carbons (Fsp3) is 0.143. The van der Waals surface area contributed by atoms with Crippen molar-refractivity contribution in [3.8, 4) is 17.7 Å². The summed E-state index contributed by atoms with van der Waals surface area (Å²) < 4.78 is 4.91. The van der Waals surface area contributed by atoms with Gasteiger partial charge in [0.15, 0.2) is 11.4 Å². The van der Waals surface area contributed by atoms with Crippen LogP contribution in [0, 0.1) is 28.4 Å². The Hall–Kier alpha value is -3.74. The van der Waals surface area contributed by atoms with Crippen molar-refractivity contribution in [1.82, 2.24) is 4.98 Å². The molecule has 2 N–H and O–H groups in total. The number of nitrogens with zero attached hydrogens (tertiary/aromatic N) is 4. The Kier molecular flexibility index (Phi) is 4.55. The van der Waals surface area contributed by atoms with E-state index in [9.17, 15) is 20.0 Å². The van der Waals surface area contributed by atoms with Gasteiger partial charge in [0.25, 0.3) is 11.2 Å². The highest BCUT2D eigenvalue weighted by Gasteiger charge is 2.17. The molecule has 0 atom stereocenters. The van der Waals surface area contributed by atoms with Crippen molar-refractivity contribution < 1.29 is 14.8 Å². The Labute approximate surface area is 134 Å². The van der Waals surface area contributed by atoms with E-state index >= 15 is 0 Å². The predicted molar refractivity (Wildman–Crippen MR) is 82.0 cm³/mol. The first-order valence-corrected chi connectivity index (χ1v) is 6.49. The lowest BCUT2D eigenvalue weighted by molar-refractivity contribution is -0.384. The van der Waals surface area contributed by atoms with Gasteiger partial charge in [-0.3, -0.25) is 19.9 Å². The maximum atomic E-state index is 11.8. The first-order valence-electron chi connectivity index (χ1n) is 6.49. The Morgan fingerprint density at radius 2 is 2.12 bits per heavy atom. The number of hydrogen-bond acceptors (Lipinski definition) is 8. The van der Waals surface area contributed by atoms with Gasteiger partial charge in [-0.15, -0.1) is 10.2 Å². The number of azo groups is 1. The number of hydrogen-bond donors (Lipinski definition) is 2. The van der Waals surface area contributed by atoms with Gasteiger partial charge in [-0.25, -0.2) is 0 Å². The van der Waals surface area contributed by atoms with Crippen LogP contribution < -0.4 is 10.3 Å². The highest BCUT2D eigenvalue weighted by molar-refractivity contribution is 5.61. The van der Waals surface area contributed by atoms with Crippen molar-refractivity contribution >= 4 is 17.1 Å². The second-order valence-electron chi connectivity index (χ2n) is 4.57. The molecule has 0 radical (unpaired) electrons. The molecule has 10 nitrogen and oxygen atoms in total. The number of nitro groups is 1. The molecule has 0 amide bonds. The predicted octanol–water partition coefficient (Wildman–Crippen LogP) is 2.59. The number of nitriles is 1. The van der Waals surface area contributed by atoms with Crippen LogP contribution in [0.2, 0.25) is 0 Å². The van der Waals surface area contributed by atoms with E-state index in [2.05, 4.69) is 15.2 Å². The monoisotopic (exact) mass is 329 g/mol. The zero-order valence-corrected chi connectivity index (χ0v) is 12.6. The van der Waals surface area contributed by atoms with Gasteiger partial charge >= 0.3 is 0 Å². The fourth-order valence-electron chi connectivity index (χ4n) is 1.92. The molecule has 2 rings (SSSR count).